The van der Waals surface area contributed by atoms with Crippen molar-refractivity contribution in [3.05, 3.63) is 23.8 Å². The fraction of sp³-hybridized carbons (Fsp3) is 0.0690. The number of benzene rings is 1. The molecule has 1 aromatic carbocycles. The molecule has 4 heteroatoms. The van der Waals surface area contributed by atoms with Crippen LogP contribution in [-0.2, 0) is 0 Å². The highest BCUT2D eigenvalue weighted by atomic mass is 16.5. The highest BCUT2D eigenvalue weighted by molar-refractivity contribution is 5.88. The Labute approximate surface area is 193 Å². The summed E-state index contributed by atoms with van der Waals surface area (Å²) >= 11 is 0. The molecule has 0 radical (unpaired) electrons. The van der Waals surface area contributed by atoms with Crippen molar-refractivity contribution in [2.24, 2.45) is 0 Å². The Morgan fingerprint density at radius 1 is 0.667 bits per heavy atom. The second-order valence-electron chi connectivity index (χ2n) is 4.87. The molecule has 0 unspecified atom stereocenters. The van der Waals surface area contributed by atoms with Crippen molar-refractivity contribution in [3.63, 3.8) is 0 Å². The van der Waals surface area contributed by atoms with E-state index in [1.165, 1.54) is 25.3 Å². The first-order chi connectivity index (χ1) is 16.2. The average molecular weight is 422 g/mol. The Morgan fingerprint density at radius 2 is 1.09 bits per heavy atom. The van der Waals surface area contributed by atoms with Crippen LogP contribution >= 0.6 is 0 Å². The van der Waals surface area contributed by atoms with E-state index < -0.39 is 5.97 Å². The Kier molecular flexibility index (Phi) is 12.7. The molecule has 4 nitrogen and oxygen atoms in total. The summed E-state index contributed by atoms with van der Waals surface area (Å²) in [6.45, 7) is 1.69. The zero-order chi connectivity index (χ0) is 24.0. The van der Waals surface area contributed by atoms with Gasteiger partial charge in [-0.05, 0) is 72.5 Å². The molecule has 0 heterocycles. The molecule has 150 valence electrons. The number of rotatable bonds is 3. The van der Waals surface area contributed by atoms with E-state index >= 15 is 0 Å². The van der Waals surface area contributed by atoms with Crippen molar-refractivity contribution in [3.8, 4) is 130 Å². The summed E-state index contributed by atoms with van der Waals surface area (Å²) < 4.78 is 10.2. The molecule has 0 bridgehead atoms. The summed E-state index contributed by atoms with van der Waals surface area (Å²) in [6, 6.07) is 4.14. The van der Waals surface area contributed by atoms with Gasteiger partial charge in [-0.1, -0.05) is 5.92 Å². The smallest absolute Gasteiger partial charge is 0.335 e. The van der Waals surface area contributed by atoms with Gasteiger partial charge in [0.05, 0.1) is 12.7 Å². The van der Waals surface area contributed by atoms with Gasteiger partial charge in [0.25, 0.3) is 0 Å². The van der Waals surface area contributed by atoms with Crippen molar-refractivity contribution in [2.75, 3.05) is 7.11 Å². The lowest BCUT2D eigenvalue weighted by Gasteiger charge is -2.06. The minimum atomic E-state index is -1.08. The molecule has 0 amide bonds. The number of carboxylic acid groups (broad SMARTS) is 1. The highest BCUT2D eigenvalue weighted by Gasteiger charge is 2.09. The third-order valence-corrected chi connectivity index (χ3v) is 2.81. The molecule has 0 saturated heterocycles. The second kappa shape index (κ2) is 16.8. The molecule has 0 aliphatic heterocycles. The lowest BCUT2D eigenvalue weighted by Crippen LogP contribution is -1.98. The second-order valence-corrected chi connectivity index (χ2v) is 4.87. The molecular weight excluding hydrogens is 412 g/mol. The summed E-state index contributed by atoms with van der Waals surface area (Å²) in [7, 11) is 1.39. The van der Waals surface area contributed by atoms with Crippen LogP contribution in [0.15, 0.2) is 18.2 Å². The first kappa shape index (κ1) is 24.9. The van der Waals surface area contributed by atoms with E-state index in [2.05, 4.69) is 119 Å². The number of methoxy groups -OCH3 is 1. The van der Waals surface area contributed by atoms with Gasteiger partial charge in [0.15, 0.2) is 11.5 Å². The molecule has 0 aliphatic rings. The van der Waals surface area contributed by atoms with E-state index in [1.54, 1.807) is 6.92 Å². The Balaban J connectivity index is 2.54. The molecule has 1 N–H and O–H groups in total. The zero-order valence-corrected chi connectivity index (χ0v) is 17.4. The molecular formula is C29H10O4. The van der Waals surface area contributed by atoms with Crippen LogP contribution in [0.1, 0.15) is 17.3 Å². The van der Waals surface area contributed by atoms with Crippen LogP contribution in [0.2, 0.25) is 0 Å². The van der Waals surface area contributed by atoms with Gasteiger partial charge in [-0.2, -0.15) is 0 Å². The van der Waals surface area contributed by atoms with Gasteiger partial charge in [0.1, 0.15) is 6.11 Å². The van der Waals surface area contributed by atoms with Crippen molar-refractivity contribution in [1.29, 1.82) is 0 Å². The van der Waals surface area contributed by atoms with Crippen molar-refractivity contribution >= 4 is 5.97 Å². The predicted molar refractivity (Wildman–Crippen MR) is 124 cm³/mol. The molecule has 1 aromatic rings. The standard InChI is InChI=1S/C29H10O4/c1-3-4-5-6-7-8-9-10-11-12-13-14-15-16-17-18-19-20-21-24-33-27-23-22-26(29(30)31)25-28(27)32-2/h22-23,25H,1-2H3,(H,30,31). The van der Waals surface area contributed by atoms with Gasteiger partial charge < -0.3 is 14.6 Å². The number of aromatic carboxylic acids is 1. The summed E-state index contributed by atoms with van der Waals surface area (Å²) in [5.74, 6) is 46.9. The normalized spacial score (nSPS) is 6.12. The molecule has 0 saturated carbocycles. The van der Waals surface area contributed by atoms with E-state index in [0.717, 1.165) is 0 Å². The summed E-state index contributed by atoms with van der Waals surface area (Å²) in [5, 5.41) is 8.95. The fourth-order valence-corrected chi connectivity index (χ4v) is 1.55. The van der Waals surface area contributed by atoms with Gasteiger partial charge >= 0.3 is 5.97 Å². The minimum Gasteiger partial charge on any atom is -0.493 e. The maximum atomic E-state index is 10.9. The lowest BCUT2D eigenvalue weighted by atomic mass is 10.2. The topological polar surface area (TPSA) is 55.8 Å². The summed E-state index contributed by atoms with van der Waals surface area (Å²) in [5.41, 5.74) is 0.0687. The number of hydrogen-bond donors (Lipinski definition) is 1. The highest BCUT2D eigenvalue weighted by Crippen LogP contribution is 2.27. The van der Waals surface area contributed by atoms with Crippen LogP contribution in [0.3, 0.4) is 0 Å². The van der Waals surface area contributed by atoms with Crippen LogP contribution in [0, 0.1) is 119 Å². The SMILES string of the molecule is CC#CC#CC#CC#CC#CC#CC#CC#CC#CC#COc1ccc(C(=O)O)cc1OC. The van der Waals surface area contributed by atoms with Crippen molar-refractivity contribution in [2.45, 2.75) is 6.92 Å². The minimum absolute atomic E-state index is 0.0687. The van der Waals surface area contributed by atoms with E-state index in [0.29, 0.717) is 0 Å². The molecule has 33 heavy (non-hydrogen) atoms. The monoisotopic (exact) mass is 422 g/mol. The van der Waals surface area contributed by atoms with Gasteiger partial charge in [0, 0.05) is 59.2 Å². The predicted octanol–water partition coefficient (Wildman–Crippen LogP) is 1.78. The van der Waals surface area contributed by atoms with Crippen LogP contribution in [0.5, 0.6) is 11.5 Å². The van der Waals surface area contributed by atoms with Gasteiger partial charge in [-0.25, -0.2) is 4.79 Å². The summed E-state index contributed by atoms with van der Waals surface area (Å²) in [6.07, 6.45) is 2.36. The zero-order valence-electron chi connectivity index (χ0n) is 17.4. The van der Waals surface area contributed by atoms with Crippen LogP contribution in [0.25, 0.3) is 0 Å². The molecule has 1 rings (SSSR count). The fourth-order valence-electron chi connectivity index (χ4n) is 1.55. The molecule has 0 atom stereocenters. The van der Waals surface area contributed by atoms with E-state index in [-0.39, 0.29) is 17.1 Å². The molecule has 0 fully saturated rings. The largest absolute Gasteiger partial charge is 0.493 e. The Hall–Kier alpha value is -6.11. The number of carboxylic acids is 1. The average Bonchev–Trinajstić information content (AvgIpc) is 2.82. The van der Waals surface area contributed by atoms with Gasteiger partial charge in [0.2, 0.25) is 0 Å². The number of ether oxygens (including phenoxy) is 2. The number of carbonyl (C=O) groups is 1. The van der Waals surface area contributed by atoms with E-state index in [1.807, 2.05) is 0 Å². The lowest BCUT2D eigenvalue weighted by molar-refractivity contribution is 0.0696. The molecule has 0 spiro atoms. The first-order valence-corrected chi connectivity index (χ1v) is 8.69. The Morgan fingerprint density at radius 3 is 1.48 bits per heavy atom. The first-order valence-electron chi connectivity index (χ1n) is 8.69. The van der Waals surface area contributed by atoms with Gasteiger partial charge in [-0.3, -0.25) is 0 Å². The van der Waals surface area contributed by atoms with E-state index in [9.17, 15) is 4.79 Å². The quantitative estimate of drug-likeness (QED) is 0.755. The third kappa shape index (κ3) is 12.1. The maximum absolute atomic E-state index is 10.9. The van der Waals surface area contributed by atoms with E-state index in [4.69, 9.17) is 14.6 Å². The van der Waals surface area contributed by atoms with Gasteiger partial charge in [-0.15, -0.1) is 0 Å². The summed E-state index contributed by atoms with van der Waals surface area (Å²) in [4.78, 5) is 10.9. The number of hydrogen-bond acceptors (Lipinski definition) is 3. The maximum Gasteiger partial charge on any atom is 0.335 e. The van der Waals surface area contributed by atoms with Crippen LogP contribution in [0.4, 0.5) is 0 Å². The van der Waals surface area contributed by atoms with Crippen LogP contribution < -0.4 is 9.47 Å². The van der Waals surface area contributed by atoms with Crippen molar-refractivity contribution < 1.29 is 19.4 Å². The Bertz CT molecular complexity index is 1560. The third-order valence-electron chi connectivity index (χ3n) is 2.81. The van der Waals surface area contributed by atoms with Crippen molar-refractivity contribution in [1.82, 2.24) is 0 Å². The molecule has 0 aromatic heterocycles. The molecule has 0 aliphatic carbocycles. The van der Waals surface area contributed by atoms with Crippen LogP contribution in [-0.4, -0.2) is 18.2 Å².